The average Bonchev–Trinajstić information content (AvgIpc) is 3.55. The second kappa shape index (κ2) is 5.27. The smallest absolute Gasteiger partial charge is 0.296 e. The van der Waals surface area contributed by atoms with E-state index in [1.54, 1.807) is 12.1 Å². The van der Waals surface area contributed by atoms with Crippen LogP contribution in [-0.4, -0.2) is 25.7 Å². The third kappa shape index (κ3) is 1.58. The van der Waals surface area contributed by atoms with Crippen molar-refractivity contribution in [1.82, 2.24) is 0 Å². The fourth-order valence-corrected chi connectivity index (χ4v) is 14.9. The van der Waals surface area contributed by atoms with E-state index in [1.165, 1.54) is 25.7 Å². The lowest BCUT2D eigenvalue weighted by Gasteiger charge is -2.64. The first kappa shape index (κ1) is 19.3. The van der Waals surface area contributed by atoms with Crippen molar-refractivity contribution in [2.75, 3.05) is 6.61 Å². The highest BCUT2D eigenvalue weighted by Crippen LogP contribution is 2.98. The van der Waals surface area contributed by atoms with Gasteiger partial charge in [-0.05, 0) is 110 Å². The Kier molecular flexibility index (Phi) is 3.08. The van der Waals surface area contributed by atoms with E-state index in [0.717, 1.165) is 29.7 Å². The van der Waals surface area contributed by atoms with Crippen molar-refractivity contribution < 1.29 is 17.7 Å². The summed E-state index contributed by atoms with van der Waals surface area (Å²) in [5, 5.41) is 13.1. The lowest BCUT2D eigenvalue weighted by atomic mass is 9.43. The van der Waals surface area contributed by atoms with Crippen molar-refractivity contribution in [3.05, 3.63) is 29.8 Å². The standard InChI is InChI=1S/C28H34O4S/c1-13-6-8-14(9-7-13)33(30,31)32-12-27-23-16-5-3-4-15(16)22-20(23)21-24(27)17-10-11-18-19(17)25(21)26(22,2)28(18,27)29/h6-9,15-25,29H,3-5,10-12H2,1-2H3/t15?,16?,17?,18?,19?,20?,21?,22?,23?,24?,25?,26?,27?,28-/m0/s1. The molecule has 0 saturated heterocycles. The molecule has 0 heterocycles. The second-order valence-corrected chi connectivity index (χ2v) is 15.2. The van der Waals surface area contributed by atoms with Gasteiger partial charge in [0.15, 0.2) is 0 Å². The van der Waals surface area contributed by atoms with Gasteiger partial charge in [-0.15, -0.1) is 0 Å². The Balaban J connectivity index is 1.22. The highest BCUT2D eigenvalue weighted by atomic mass is 32.2. The molecule has 4 nitrogen and oxygen atoms in total. The summed E-state index contributed by atoms with van der Waals surface area (Å²) < 4.78 is 32.8. The van der Waals surface area contributed by atoms with Gasteiger partial charge in [-0.25, -0.2) is 0 Å². The van der Waals surface area contributed by atoms with Crippen LogP contribution in [-0.2, 0) is 14.3 Å². The average molecular weight is 467 g/mol. The first-order valence-electron chi connectivity index (χ1n) is 13.5. The minimum atomic E-state index is -3.85. The van der Waals surface area contributed by atoms with Gasteiger partial charge in [0.2, 0.25) is 0 Å². The lowest BCUT2D eigenvalue weighted by Crippen LogP contribution is -2.71. The van der Waals surface area contributed by atoms with Crippen LogP contribution in [0.15, 0.2) is 29.2 Å². The van der Waals surface area contributed by atoms with Gasteiger partial charge in [-0.1, -0.05) is 31.0 Å². The van der Waals surface area contributed by atoms with E-state index < -0.39 is 15.7 Å². The number of hydrogen-bond donors (Lipinski definition) is 1. The zero-order valence-electron chi connectivity index (χ0n) is 19.5. The fraction of sp³-hybridized carbons (Fsp3) is 0.786. The summed E-state index contributed by atoms with van der Waals surface area (Å²) in [7, 11) is -3.85. The molecule has 33 heavy (non-hydrogen) atoms. The van der Waals surface area contributed by atoms with Crippen molar-refractivity contribution in [2.45, 2.75) is 56.4 Å². The summed E-state index contributed by atoms with van der Waals surface area (Å²) >= 11 is 0. The van der Waals surface area contributed by atoms with Crippen LogP contribution >= 0.6 is 0 Å². The van der Waals surface area contributed by atoms with Crippen LogP contribution in [0.25, 0.3) is 0 Å². The first-order chi connectivity index (χ1) is 15.8. The maximum Gasteiger partial charge on any atom is 0.296 e. The summed E-state index contributed by atoms with van der Waals surface area (Å²) in [5.41, 5.74) is -0.0802. The quantitative estimate of drug-likeness (QED) is 0.674. The van der Waals surface area contributed by atoms with Crippen LogP contribution < -0.4 is 0 Å². The van der Waals surface area contributed by atoms with Crippen molar-refractivity contribution in [3.63, 3.8) is 0 Å². The van der Waals surface area contributed by atoms with E-state index in [2.05, 4.69) is 6.92 Å². The summed E-state index contributed by atoms with van der Waals surface area (Å²) in [4.78, 5) is 0.250. The van der Waals surface area contributed by atoms with Gasteiger partial charge in [-0.2, -0.15) is 8.42 Å². The topological polar surface area (TPSA) is 63.6 Å². The van der Waals surface area contributed by atoms with Gasteiger partial charge in [0, 0.05) is 10.8 Å². The maximum absolute atomic E-state index is 13.4. The molecule has 1 aromatic carbocycles. The van der Waals surface area contributed by atoms with Gasteiger partial charge >= 0.3 is 0 Å². The Labute approximate surface area is 196 Å². The second-order valence-electron chi connectivity index (χ2n) is 13.6. The Hall–Kier alpha value is -0.910. The zero-order valence-corrected chi connectivity index (χ0v) is 20.3. The normalized spacial score (nSPS) is 61.7. The van der Waals surface area contributed by atoms with Gasteiger partial charge in [0.25, 0.3) is 10.1 Å². The molecule has 14 atom stereocenters. The SMILES string of the molecule is Cc1ccc(S(=O)(=O)OCC23C4C5CCCC5C5C4C4C6C7C(CCC7[C@]2(O)C56C)C43)cc1. The molecule has 9 saturated carbocycles. The van der Waals surface area contributed by atoms with Crippen LogP contribution in [0.4, 0.5) is 0 Å². The molecule has 0 spiro atoms. The number of rotatable bonds is 4. The third-order valence-corrected chi connectivity index (χ3v) is 15.0. The van der Waals surface area contributed by atoms with E-state index >= 15 is 0 Å². The molecular weight excluding hydrogens is 432 g/mol. The monoisotopic (exact) mass is 466 g/mol. The van der Waals surface area contributed by atoms with Gasteiger partial charge in [0.1, 0.15) is 0 Å². The molecular formula is C28H34O4S. The fourth-order valence-electron chi connectivity index (χ4n) is 14.0. The molecule has 9 fully saturated rings. The highest BCUT2D eigenvalue weighted by Gasteiger charge is 2.99. The van der Waals surface area contributed by atoms with E-state index in [-0.39, 0.29) is 22.3 Å². The number of hydrogen-bond acceptors (Lipinski definition) is 4. The predicted molar refractivity (Wildman–Crippen MR) is 121 cm³/mol. The van der Waals surface area contributed by atoms with Gasteiger partial charge in [0.05, 0.1) is 17.1 Å². The van der Waals surface area contributed by atoms with Gasteiger partial charge < -0.3 is 5.11 Å². The molecule has 0 aliphatic heterocycles. The van der Waals surface area contributed by atoms with Crippen molar-refractivity contribution in [1.29, 1.82) is 0 Å². The molecule has 0 aromatic heterocycles. The van der Waals surface area contributed by atoms with Crippen molar-refractivity contribution in [3.8, 4) is 0 Å². The van der Waals surface area contributed by atoms with E-state index in [9.17, 15) is 13.5 Å². The molecule has 1 N–H and O–H groups in total. The zero-order chi connectivity index (χ0) is 22.3. The molecule has 9 aliphatic rings. The van der Waals surface area contributed by atoms with Crippen LogP contribution in [0, 0.1) is 82.9 Å². The Morgan fingerprint density at radius 3 is 2.33 bits per heavy atom. The lowest BCUT2D eigenvalue weighted by molar-refractivity contribution is -0.268. The summed E-state index contributed by atoms with van der Waals surface area (Å²) in [6.07, 6.45) is 6.32. The van der Waals surface area contributed by atoms with Crippen LogP contribution in [0.2, 0.25) is 0 Å². The summed E-state index contributed by atoms with van der Waals surface area (Å²) in [5.74, 6) is 6.98. The molecule has 1 aromatic rings. The minimum Gasteiger partial charge on any atom is -0.388 e. The summed E-state index contributed by atoms with van der Waals surface area (Å²) in [6.45, 7) is 4.64. The molecule has 9 aliphatic carbocycles. The number of aryl methyl sites for hydroxylation is 1. The maximum atomic E-state index is 13.4. The Morgan fingerprint density at radius 2 is 1.58 bits per heavy atom. The molecule has 5 heteroatoms. The van der Waals surface area contributed by atoms with Gasteiger partial charge in [-0.3, -0.25) is 4.18 Å². The molecule has 13 unspecified atom stereocenters. The van der Waals surface area contributed by atoms with Crippen LogP contribution in [0.1, 0.15) is 44.6 Å². The summed E-state index contributed by atoms with van der Waals surface area (Å²) in [6, 6.07) is 7.02. The Morgan fingerprint density at radius 1 is 0.909 bits per heavy atom. The van der Waals surface area contributed by atoms with E-state index in [1.807, 2.05) is 19.1 Å². The van der Waals surface area contributed by atoms with E-state index in [4.69, 9.17) is 4.18 Å². The Bertz CT molecular complexity index is 1210. The number of benzene rings is 1. The number of aliphatic hydroxyl groups is 1. The molecule has 0 radical (unpaired) electrons. The molecule has 9 bridgehead atoms. The van der Waals surface area contributed by atoms with Crippen LogP contribution in [0.3, 0.4) is 0 Å². The van der Waals surface area contributed by atoms with Crippen molar-refractivity contribution in [2.24, 2.45) is 75.9 Å². The molecule has 176 valence electrons. The number of fused-ring (bicyclic) bond motifs is 1. The largest absolute Gasteiger partial charge is 0.388 e. The van der Waals surface area contributed by atoms with Crippen LogP contribution in [0.5, 0.6) is 0 Å². The highest BCUT2D eigenvalue weighted by molar-refractivity contribution is 7.86. The molecule has 10 rings (SSSR count). The van der Waals surface area contributed by atoms with E-state index in [0.29, 0.717) is 47.3 Å². The minimum absolute atomic E-state index is 0.0272. The molecule has 0 amide bonds. The van der Waals surface area contributed by atoms with Crippen molar-refractivity contribution >= 4 is 10.1 Å². The third-order valence-electron chi connectivity index (χ3n) is 13.7. The first-order valence-corrected chi connectivity index (χ1v) is 14.9. The predicted octanol–water partition coefficient (Wildman–Crippen LogP) is 4.26.